The number of aliphatic hydroxyl groups excluding tert-OH is 2. The molecule has 3 atom stereocenters. The lowest BCUT2D eigenvalue weighted by atomic mass is 9.96. The van der Waals surface area contributed by atoms with Crippen molar-refractivity contribution < 1.29 is 29.6 Å². The number of ether oxygens (including phenoxy) is 1. The first-order chi connectivity index (χ1) is 11.1. The second-order valence-electron chi connectivity index (χ2n) is 6.60. The van der Waals surface area contributed by atoms with E-state index in [0.29, 0.717) is 0 Å². The molecule has 1 aromatic rings. The largest absolute Gasteiger partial charge is 0.481 e. The quantitative estimate of drug-likeness (QED) is 0.595. The first-order valence-corrected chi connectivity index (χ1v) is 7.70. The lowest BCUT2D eigenvalue weighted by Gasteiger charge is -2.28. The number of rotatable bonds is 7. The first-order valence-electron chi connectivity index (χ1n) is 7.70. The van der Waals surface area contributed by atoms with Gasteiger partial charge in [0.25, 0.3) is 0 Å². The minimum Gasteiger partial charge on any atom is -0.481 e. The van der Waals surface area contributed by atoms with E-state index < -0.39 is 42.3 Å². The summed E-state index contributed by atoms with van der Waals surface area (Å²) in [7, 11) is 0. The summed E-state index contributed by atoms with van der Waals surface area (Å²) in [6, 6.07) is 8.16. The Balaban J connectivity index is 2.85. The zero-order valence-corrected chi connectivity index (χ0v) is 14.1. The summed E-state index contributed by atoms with van der Waals surface area (Å²) in [5, 5.41) is 31.4. The Bertz CT molecular complexity index is 540. The molecule has 0 unspecified atom stereocenters. The summed E-state index contributed by atoms with van der Waals surface area (Å²) < 4.78 is 5.16. The number of hydrogen-bond donors (Lipinski definition) is 4. The molecule has 1 aromatic carbocycles. The molecule has 0 bridgehead atoms. The van der Waals surface area contributed by atoms with Gasteiger partial charge >= 0.3 is 12.1 Å². The molecule has 0 spiro atoms. The molecule has 1 rings (SSSR count). The van der Waals surface area contributed by atoms with Gasteiger partial charge in [0, 0.05) is 0 Å². The van der Waals surface area contributed by atoms with Gasteiger partial charge in [-0.3, -0.25) is 4.79 Å². The number of aliphatic carboxylic acids is 1. The SMILES string of the molecule is CC(C)(C)OC(=O)N[C@@H](Cc1ccccc1)[C@@H](O)[C@@H](O)CC(=O)O. The number of hydrogen-bond acceptors (Lipinski definition) is 5. The first kappa shape index (κ1) is 19.9. The van der Waals surface area contributed by atoms with Crippen molar-refractivity contribution in [3.63, 3.8) is 0 Å². The number of benzene rings is 1. The number of alkyl carbamates (subject to hydrolysis) is 1. The van der Waals surface area contributed by atoms with Crippen molar-refractivity contribution in [3.8, 4) is 0 Å². The summed E-state index contributed by atoms with van der Waals surface area (Å²) in [5.74, 6) is -1.24. The van der Waals surface area contributed by atoms with Crippen LogP contribution in [0.1, 0.15) is 32.8 Å². The van der Waals surface area contributed by atoms with E-state index >= 15 is 0 Å². The van der Waals surface area contributed by atoms with Crippen LogP contribution in [0.15, 0.2) is 30.3 Å². The predicted octanol–water partition coefficient (Wildman–Crippen LogP) is 1.32. The van der Waals surface area contributed by atoms with E-state index in [-0.39, 0.29) is 6.42 Å². The van der Waals surface area contributed by atoms with Crippen molar-refractivity contribution in [1.82, 2.24) is 5.32 Å². The highest BCUT2D eigenvalue weighted by Crippen LogP contribution is 2.13. The third kappa shape index (κ3) is 7.43. The molecule has 24 heavy (non-hydrogen) atoms. The van der Waals surface area contributed by atoms with Crippen LogP contribution in [0.4, 0.5) is 4.79 Å². The highest BCUT2D eigenvalue weighted by Gasteiger charge is 2.30. The fourth-order valence-corrected chi connectivity index (χ4v) is 2.15. The summed E-state index contributed by atoms with van der Waals surface area (Å²) >= 11 is 0. The molecule has 0 aliphatic rings. The number of carbonyl (C=O) groups excluding carboxylic acids is 1. The predicted molar refractivity (Wildman–Crippen MR) is 87.6 cm³/mol. The average molecular weight is 339 g/mol. The van der Waals surface area contributed by atoms with E-state index in [9.17, 15) is 19.8 Å². The zero-order chi connectivity index (χ0) is 18.3. The van der Waals surface area contributed by atoms with E-state index in [2.05, 4.69) is 5.32 Å². The lowest BCUT2D eigenvalue weighted by molar-refractivity contribution is -0.141. The average Bonchev–Trinajstić information content (AvgIpc) is 2.44. The van der Waals surface area contributed by atoms with Gasteiger partial charge in [0.05, 0.1) is 18.6 Å². The van der Waals surface area contributed by atoms with Gasteiger partial charge < -0.3 is 25.4 Å². The fourth-order valence-electron chi connectivity index (χ4n) is 2.15. The molecule has 7 nitrogen and oxygen atoms in total. The second-order valence-corrected chi connectivity index (χ2v) is 6.60. The molecule has 0 saturated carbocycles. The van der Waals surface area contributed by atoms with Gasteiger partial charge in [-0.2, -0.15) is 0 Å². The topological polar surface area (TPSA) is 116 Å². The number of carboxylic acids is 1. The highest BCUT2D eigenvalue weighted by atomic mass is 16.6. The highest BCUT2D eigenvalue weighted by molar-refractivity contribution is 5.69. The van der Waals surface area contributed by atoms with Crippen LogP contribution in [0.2, 0.25) is 0 Å². The maximum atomic E-state index is 12.0. The van der Waals surface area contributed by atoms with Crippen molar-refractivity contribution in [2.24, 2.45) is 0 Å². The van der Waals surface area contributed by atoms with Crippen molar-refractivity contribution in [1.29, 1.82) is 0 Å². The molecule has 0 aromatic heterocycles. The van der Waals surface area contributed by atoms with Gasteiger partial charge in [-0.05, 0) is 32.8 Å². The Hall–Kier alpha value is -2.12. The van der Waals surface area contributed by atoms with Gasteiger partial charge in [-0.15, -0.1) is 0 Å². The van der Waals surface area contributed by atoms with Crippen LogP contribution in [0.5, 0.6) is 0 Å². The summed E-state index contributed by atoms with van der Waals surface area (Å²) in [6.45, 7) is 5.11. The summed E-state index contributed by atoms with van der Waals surface area (Å²) in [5.41, 5.74) is 0.103. The minimum atomic E-state index is -1.51. The van der Waals surface area contributed by atoms with Crippen LogP contribution in [0.3, 0.4) is 0 Å². The molecule has 4 N–H and O–H groups in total. The third-order valence-electron chi connectivity index (χ3n) is 3.19. The van der Waals surface area contributed by atoms with Crippen LogP contribution >= 0.6 is 0 Å². The van der Waals surface area contributed by atoms with E-state index in [1.807, 2.05) is 6.07 Å². The standard InChI is InChI=1S/C17H25NO6/c1-17(2,3)24-16(23)18-12(9-11-7-5-4-6-8-11)15(22)13(19)10-14(20)21/h4-8,12-13,15,19,22H,9-10H2,1-3H3,(H,18,23)(H,20,21)/t12-,13-,15+/m0/s1. The van der Waals surface area contributed by atoms with Crippen molar-refractivity contribution in [2.75, 3.05) is 0 Å². The Morgan fingerprint density at radius 3 is 2.25 bits per heavy atom. The molecule has 0 aliphatic carbocycles. The molecule has 0 saturated heterocycles. The minimum absolute atomic E-state index is 0.220. The number of aliphatic hydroxyl groups is 2. The lowest BCUT2D eigenvalue weighted by Crippen LogP contribution is -2.51. The Morgan fingerprint density at radius 1 is 1.17 bits per heavy atom. The van der Waals surface area contributed by atoms with Gasteiger partial charge in [0.2, 0.25) is 0 Å². The molecule has 134 valence electrons. The smallest absolute Gasteiger partial charge is 0.407 e. The van der Waals surface area contributed by atoms with Crippen LogP contribution in [-0.2, 0) is 16.0 Å². The fraction of sp³-hybridized carbons (Fsp3) is 0.529. The van der Waals surface area contributed by atoms with Gasteiger partial charge in [-0.25, -0.2) is 4.79 Å². The number of carboxylic acid groups (broad SMARTS) is 1. The Morgan fingerprint density at radius 2 is 1.75 bits per heavy atom. The second kappa shape index (κ2) is 8.65. The molecule has 0 radical (unpaired) electrons. The molecule has 1 amide bonds. The molecule has 0 aliphatic heterocycles. The normalized spacial score (nSPS) is 15.2. The van der Waals surface area contributed by atoms with E-state index in [1.165, 1.54) is 0 Å². The van der Waals surface area contributed by atoms with Crippen LogP contribution in [0, 0.1) is 0 Å². The van der Waals surface area contributed by atoms with Crippen LogP contribution < -0.4 is 5.32 Å². The van der Waals surface area contributed by atoms with Crippen LogP contribution in [0.25, 0.3) is 0 Å². The maximum absolute atomic E-state index is 12.0. The number of nitrogens with one attached hydrogen (secondary N) is 1. The number of amides is 1. The zero-order valence-electron chi connectivity index (χ0n) is 14.1. The van der Waals surface area contributed by atoms with Crippen LogP contribution in [-0.4, -0.2) is 51.2 Å². The summed E-state index contributed by atoms with van der Waals surface area (Å²) in [6.07, 6.45) is -4.11. The summed E-state index contributed by atoms with van der Waals surface area (Å²) in [4.78, 5) is 22.7. The van der Waals surface area contributed by atoms with Crippen molar-refractivity contribution >= 4 is 12.1 Å². The molecular weight excluding hydrogens is 314 g/mol. The molecule has 0 heterocycles. The maximum Gasteiger partial charge on any atom is 0.407 e. The monoisotopic (exact) mass is 339 g/mol. The van der Waals surface area contributed by atoms with Gasteiger partial charge in [0.15, 0.2) is 0 Å². The number of carbonyl (C=O) groups is 2. The molecule has 0 fully saturated rings. The van der Waals surface area contributed by atoms with E-state index in [0.717, 1.165) is 5.56 Å². The van der Waals surface area contributed by atoms with Gasteiger partial charge in [0.1, 0.15) is 11.7 Å². The Labute approximate surface area is 141 Å². The molecule has 7 heteroatoms. The van der Waals surface area contributed by atoms with Crippen molar-refractivity contribution in [2.45, 2.75) is 57.5 Å². The van der Waals surface area contributed by atoms with E-state index in [1.54, 1.807) is 45.0 Å². The van der Waals surface area contributed by atoms with Gasteiger partial charge in [-0.1, -0.05) is 30.3 Å². The third-order valence-corrected chi connectivity index (χ3v) is 3.19. The Kier molecular flexibility index (Phi) is 7.18. The van der Waals surface area contributed by atoms with Crippen molar-refractivity contribution in [3.05, 3.63) is 35.9 Å². The molecular formula is C17H25NO6. The van der Waals surface area contributed by atoms with E-state index in [4.69, 9.17) is 9.84 Å².